The molecule has 0 saturated heterocycles. The van der Waals surface area contributed by atoms with Gasteiger partial charge >= 0.3 is 12.2 Å². The molecule has 1 amide bonds. The fourth-order valence-corrected chi connectivity index (χ4v) is 0.151. The van der Waals surface area contributed by atoms with Crippen LogP contribution in [0.4, 0.5) is 4.79 Å². The SMILES string of the molecule is CCN.CCNC(=O)O.O=C=O. The molecule has 0 radical (unpaired) electrons. The molecule has 0 aliphatic carbocycles. The Labute approximate surface area is 70.7 Å². The normalized spacial score (nSPS) is 5.92. The summed E-state index contributed by atoms with van der Waals surface area (Å²) in [6.45, 7) is 4.86. The van der Waals surface area contributed by atoms with E-state index in [-0.39, 0.29) is 6.15 Å². The highest BCUT2D eigenvalue weighted by Gasteiger charge is 1.82. The van der Waals surface area contributed by atoms with Gasteiger partial charge in [0.1, 0.15) is 0 Å². The first-order valence-corrected chi connectivity index (χ1v) is 3.26. The maximum absolute atomic E-state index is 9.49. The number of hydrogen-bond acceptors (Lipinski definition) is 4. The molecule has 6 heteroatoms. The lowest BCUT2D eigenvalue weighted by molar-refractivity contribution is -0.191. The number of rotatable bonds is 1. The zero-order valence-corrected chi connectivity index (χ0v) is 7.16. The van der Waals surface area contributed by atoms with Crippen molar-refractivity contribution in [2.75, 3.05) is 13.1 Å². The molecule has 0 unspecified atom stereocenters. The van der Waals surface area contributed by atoms with E-state index >= 15 is 0 Å². The highest BCUT2D eigenvalue weighted by Crippen LogP contribution is 1.54. The van der Waals surface area contributed by atoms with E-state index in [0.717, 1.165) is 6.54 Å². The molecule has 0 aromatic rings. The van der Waals surface area contributed by atoms with E-state index in [9.17, 15) is 4.79 Å². The van der Waals surface area contributed by atoms with Gasteiger partial charge in [-0.2, -0.15) is 9.59 Å². The molecule has 0 rings (SSSR count). The van der Waals surface area contributed by atoms with Crippen LogP contribution in [0.2, 0.25) is 0 Å². The van der Waals surface area contributed by atoms with Gasteiger partial charge in [0.05, 0.1) is 0 Å². The fraction of sp³-hybridized carbons (Fsp3) is 0.667. The van der Waals surface area contributed by atoms with E-state index in [2.05, 4.69) is 5.32 Å². The molecular formula is C6H14N2O4. The van der Waals surface area contributed by atoms with Crippen molar-refractivity contribution in [3.8, 4) is 0 Å². The molecule has 0 fully saturated rings. The maximum atomic E-state index is 9.49. The Bertz CT molecular complexity index is 121. The van der Waals surface area contributed by atoms with Crippen molar-refractivity contribution < 1.29 is 19.5 Å². The summed E-state index contributed by atoms with van der Waals surface area (Å²) in [5.41, 5.74) is 4.85. The Hall–Kier alpha value is -1.39. The Morgan fingerprint density at radius 1 is 1.50 bits per heavy atom. The summed E-state index contributed by atoms with van der Waals surface area (Å²) in [4.78, 5) is 25.7. The van der Waals surface area contributed by atoms with Gasteiger partial charge in [0.15, 0.2) is 0 Å². The van der Waals surface area contributed by atoms with Gasteiger partial charge in [0.2, 0.25) is 0 Å². The van der Waals surface area contributed by atoms with Crippen LogP contribution in [0.1, 0.15) is 13.8 Å². The molecule has 0 heterocycles. The van der Waals surface area contributed by atoms with E-state index in [4.69, 9.17) is 20.4 Å². The van der Waals surface area contributed by atoms with Crippen molar-refractivity contribution in [3.05, 3.63) is 0 Å². The summed E-state index contributed by atoms with van der Waals surface area (Å²) in [5, 5.41) is 9.93. The summed E-state index contributed by atoms with van der Waals surface area (Å²) in [6, 6.07) is 0. The Morgan fingerprint density at radius 2 is 1.75 bits per heavy atom. The molecule has 0 aliphatic rings. The molecule has 0 aliphatic heterocycles. The van der Waals surface area contributed by atoms with Gasteiger partial charge in [-0.25, -0.2) is 4.79 Å². The second-order valence-electron chi connectivity index (χ2n) is 1.33. The second-order valence-corrected chi connectivity index (χ2v) is 1.33. The van der Waals surface area contributed by atoms with Gasteiger partial charge < -0.3 is 16.2 Å². The van der Waals surface area contributed by atoms with Crippen LogP contribution in [0.3, 0.4) is 0 Å². The van der Waals surface area contributed by atoms with E-state index in [1.54, 1.807) is 6.92 Å². The molecule has 0 aromatic carbocycles. The molecule has 0 aromatic heterocycles. The van der Waals surface area contributed by atoms with E-state index in [1.807, 2.05) is 6.92 Å². The average molecular weight is 178 g/mol. The lowest BCUT2D eigenvalue weighted by Gasteiger charge is -1.87. The lowest BCUT2D eigenvalue weighted by Crippen LogP contribution is -2.19. The third-order valence-electron chi connectivity index (χ3n) is 0.328. The van der Waals surface area contributed by atoms with Gasteiger partial charge in [-0.3, -0.25) is 0 Å². The minimum absolute atomic E-state index is 0.250. The zero-order valence-electron chi connectivity index (χ0n) is 7.16. The molecule has 6 nitrogen and oxygen atoms in total. The minimum Gasteiger partial charge on any atom is -0.465 e. The topological polar surface area (TPSA) is 109 Å². The predicted molar refractivity (Wildman–Crippen MR) is 41.4 cm³/mol. The summed E-state index contributed by atoms with van der Waals surface area (Å²) in [7, 11) is 0. The van der Waals surface area contributed by atoms with Crippen molar-refractivity contribution in [2.45, 2.75) is 13.8 Å². The summed E-state index contributed by atoms with van der Waals surface area (Å²) < 4.78 is 0. The predicted octanol–water partition coefficient (Wildman–Crippen LogP) is -0.345. The fourth-order valence-electron chi connectivity index (χ4n) is 0.151. The summed E-state index contributed by atoms with van der Waals surface area (Å²) in [6.07, 6.45) is -0.711. The van der Waals surface area contributed by atoms with E-state index in [1.165, 1.54) is 0 Å². The van der Waals surface area contributed by atoms with Crippen LogP contribution in [0.25, 0.3) is 0 Å². The van der Waals surface area contributed by atoms with Crippen LogP contribution in [0.15, 0.2) is 0 Å². The third-order valence-corrected chi connectivity index (χ3v) is 0.328. The number of hydrogen-bond donors (Lipinski definition) is 3. The molecular weight excluding hydrogens is 164 g/mol. The number of carboxylic acid groups (broad SMARTS) is 1. The Balaban J connectivity index is -0.000000115. The second kappa shape index (κ2) is 22.6. The van der Waals surface area contributed by atoms with Crippen molar-refractivity contribution in [2.24, 2.45) is 5.73 Å². The largest absolute Gasteiger partial charge is 0.465 e. The maximum Gasteiger partial charge on any atom is 0.404 e. The van der Waals surface area contributed by atoms with Crippen molar-refractivity contribution in [1.29, 1.82) is 0 Å². The highest BCUT2D eigenvalue weighted by atomic mass is 16.4. The monoisotopic (exact) mass is 178 g/mol. The molecule has 0 saturated carbocycles. The third kappa shape index (κ3) is 192. The van der Waals surface area contributed by atoms with Gasteiger partial charge in [-0.1, -0.05) is 6.92 Å². The van der Waals surface area contributed by atoms with Crippen molar-refractivity contribution >= 4 is 12.2 Å². The number of nitrogens with one attached hydrogen (secondary N) is 1. The summed E-state index contributed by atoms with van der Waals surface area (Å²) in [5.74, 6) is 0. The first-order chi connectivity index (χ1) is 5.60. The van der Waals surface area contributed by atoms with Crippen LogP contribution < -0.4 is 11.1 Å². The number of nitrogens with two attached hydrogens (primary N) is 1. The first-order valence-electron chi connectivity index (χ1n) is 3.26. The van der Waals surface area contributed by atoms with Crippen LogP contribution >= 0.6 is 0 Å². The molecule has 0 spiro atoms. The highest BCUT2D eigenvalue weighted by molar-refractivity contribution is 5.64. The van der Waals surface area contributed by atoms with Crippen LogP contribution in [-0.4, -0.2) is 30.4 Å². The number of amides is 1. The number of carbonyl (C=O) groups excluding carboxylic acids is 2. The molecule has 72 valence electrons. The van der Waals surface area contributed by atoms with Crippen molar-refractivity contribution in [1.82, 2.24) is 5.32 Å². The zero-order chi connectivity index (χ0) is 10.4. The van der Waals surface area contributed by atoms with Gasteiger partial charge in [-0.15, -0.1) is 0 Å². The molecule has 0 atom stereocenters. The molecule has 12 heavy (non-hydrogen) atoms. The van der Waals surface area contributed by atoms with Crippen LogP contribution in [-0.2, 0) is 9.59 Å². The average Bonchev–Trinajstić information content (AvgIpc) is 1.89. The first kappa shape index (κ1) is 16.9. The van der Waals surface area contributed by atoms with Gasteiger partial charge in [-0.05, 0) is 13.5 Å². The van der Waals surface area contributed by atoms with E-state index < -0.39 is 6.09 Å². The number of carbonyl (C=O) groups is 1. The lowest BCUT2D eigenvalue weighted by atomic mass is 10.8. The van der Waals surface area contributed by atoms with Gasteiger partial charge in [0, 0.05) is 6.54 Å². The van der Waals surface area contributed by atoms with Crippen LogP contribution in [0.5, 0.6) is 0 Å². The van der Waals surface area contributed by atoms with Gasteiger partial charge in [0.25, 0.3) is 0 Å². The van der Waals surface area contributed by atoms with Crippen LogP contribution in [0, 0.1) is 0 Å². The Kier molecular flexibility index (Phi) is 31.9. The quantitative estimate of drug-likeness (QED) is 0.508. The summed E-state index contributed by atoms with van der Waals surface area (Å²) >= 11 is 0. The Morgan fingerprint density at radius 3 is 1.75 bits per heavy atom. The smallest absolute Gasteiger partial charge is 0.404 e. The van der Waals surface area contributed by atoms with E-state index in [0.29, 0.717) is 6.54 Å². The molecule has 0 bridgehead atoms. The standard InChI is InChI=1S/C3H7NO2.C2H7N.CO2/c1-2-4-3(5)6;1-2-3;2-1-3/h4H,2H2,1H3,(H,5,6);2-3H2,1H3;. The molecule has 4 N–H and O–H groups in total. The van der Waals surface area contributed by atoms with Crippen molar-refractivity contribution in [3.63, 3.8) is 0 Å². The minimum atomic E-state index is -0.961.